The predicted octanol–water partition coefficient (Wildman–Crippen LogP) is 1.09. The maximum absolute atomic E-state index is 11.9. The van der Waals surface area contributed by atoms with E-state index in [1.165, 1.54) is 0 Å². The lowest BCUT2D eigenvalue weighted by Crippen LogP contribution is -2.48. The highest BCUT2D eigenvalue weighted by atomic mass is 16.4. The summed E-state index contributed by atoms with van der Waals surface area (Å²) >= 11 is 0. The van der Waals surface area contributed by atoms with Crippen LogP contribution in [0.4, 0.5) is 0 Å². The molecule has 1 amide bonds. The van der Waals surface area contributed by atoms with Crippen LogP contribution in [0.2, 0.25) is 0 Å². The molecule has 1 unspecified atom stereocenters. The van der Waals surface area contributed by atoms with E-state index in [0.29, 0.717) is 38.5 Å². The van der Waals surface area contributed by atoms with Crippen LogP contribution in [-0.2, 0) is 9.59 Å². The number of rotatable bonds is 5. The van der Waals surface area contributed by atoms with Crippen molar-refractivity contribution in [2.24, 2.45) is 5.41 Å². The van der Waals surface area contributed by atoms with Crippen molar-refractivity contribution in [1.29, 1.82) is 0 Å². The van der Waals surface area contributed by atoms with E-state index in [2.05, 4.69) is 12.2 Å². The van der Waals surface area contributed by atoms with Crippen molar-refractivity contribution in [3.63, 3.8) is 0 Å². The average molecular weight is 256 g/mol. The Kier molecular flexibility index (Phi) is 5.14. The van der Waals surface area contributed by atoms with Crippen molar-refractivity contribution < 1.29 is 14.7 Å². The normalized spacial score (nSPS) is 20.5. The lowest BCUT2D eigenvalue weighted by molar-refractivity contribution is -0.152. The van der Waals surface area contributed by atoms with Crippen molar-refractivity contribution >= 4 is 11.9 Å². The van der Waals surface area contributed by atoms with E-state index in [1.807, 2.05) is 6.92 Å². The molecule has 1 heterocycles. The van der Waals surface area contributed by atoms with E-state index in [4.69, 9.17) is 5.11 Å². The molecule has 0 aromatic rings. The van der Waals surface area contributed by atoms with E-state index >= 15 is 0 Å². The van der Waals surface area contributed by atoms with E-state index in [-0.39, 0.29) is 5.91 Å². The van der Waals surface area contributed by atoms with Crippen LogP contribution in [0.5, 0.6) is 0 Å². The van der Waals surface area contributed by atoms with Crippen LogP contribution in [0, 0.1) is 5.41 Å². The molecule has 0 aromatic heterocycles. The number of nitrogens with one attached hydrogen (secondary N) is 1. The van der Waals surface area contributed by atoms with Crippen molar-refractivity contribution in [1.82, 2.24) is 10.2 Å². The molecule has 5 nitrogen and oxygen atoms in total. The summed E-state index contributed by atoms with van der Waals surface area (Å²) in [4.78, 5) is 24.8. The SMILES string of the molecule is CCC(C)NCC(=O)N1CCC(C)(C(=O)O)CC1. The van der Waals surface area contributed by atoms with Gasteiger partial charge in [0.2, 0.25) is 5.91 Å². The van der Waals surface area contributed by atoms with Gasteiger partial charge in [0.1, 0.15) is 0 Å². The number of likely N-dealkylation sites (tertiary alicyclic amines) is 1. The summed E-state index contributed by atoms with van der Waals surface area (Å²) in [5.74, 6) is -0.685. The number of hydrogen-bond donors (Lipinski definition) is 2. The zero-order valence-electron chi connectivity index (χ0n) is 11.5. The lowest BCUT2D eigenvalue weighted by atomic mass is 9.80. The Morgan fingerprint density at radius 3 is 2.39 bits per heavy atom. The first-order chi connectivity index (χ1) is 8.39. The Morgan fingerprint density at radius 1 is 1.39 bits per heavy atom. The third-order valence-corrected chi connectivity index (χ3v) is 3.95. The molecule has 1 rings (SSSR count). The highest BCUT2D eigenvalue weighted by molar-refractivity contribution is 5.79. The van der Waals surface area contributed by atoms with Crippen LogP contribution < -0.4 is 5.32 Å². The molecule has 0 spiro atoms. The summed E-state index contributed by atoms with van der Waals surface area (Å²) in [7, 11) is 0. The van der Waals surface area contributed by atoms with Gasteiger partial charge in [-0.3, -0.25) is 9.59 Å². The average Bonchev–Trinajstić information content (AvgIpc) is 2.36. The fourth-order valence-electron chi connectivity index (χ4n) is 1.98. The van der Waals surface area contributed by atoms with Crippen LogP contribution >= 0.6 is 0 Å². The molecule has 1 aliphatic heterocycles. The third-order valence-electron chi connectivity index (χ3n) is 3.95. The first-order valence-electron chi connectivity index (χ1n) is 6.63. The van der Waals surface area contributed by atoms with Gasteiger partial charge in [0, 0.05) is 19.1 Å². The van der Waals surface area contributed by atoms with Crippen molar-refractivity contribution in [3.05, 3.63) is 0 Å². The van der Waals surface area contributed by atoms with E-state index in [0.717, 1.165) is 6.42 Å². The second kappa shape index (κ2) is 6.18. The third kappa shape index (κ3) is 3.70. The van der Waals surface area contributed by atoms with Crippen LogP contribution in [0.25, 0.3) is 0 Å². The van der Waals surface area contributed by atoms with Crippen molar-refractivity contribution in [3.8, 4) is 0 Å². The number of carbonyl (C=O) groups excluding carboxylic acids is 1. The summed E-state index contributed by atoms with van der Waals surface area (Å²) in [5, 5.41) is 12.3. The van der Waals surface area contributed by atoms with Gasteiger partial charge in [-0.05, 0) is 33.1 Å². The fraction of sp³-hybridized carbons (Fsp3) is 0.846. The molecule has 18 heavy (non-hydrogen) atoms. The predicted molar refractivity (Wildman–Crippen MR) is 69.3 cm³/mol. The Bertz CT molecular complexity index is 309. The molecule has 0 aromatic carbocycles. The zero-order chi connectivity index (χ0) is 13.8. The fourth-order valence-corrected chi connectivity index (χ4v) is 1.98. The minimum Gasteiger partial charge on any atom is -0.481 e. The van der Waals surface area contributed by atoms with Crippen molar-refractivity contribution in [2.75, 3.05) is 19.6 Å². The Morgan fingerprint density at radius 2 is 1.94 bits per heavy atom. The Hall–Kier alpha value is -1.10. The number of piperidine rings is 1. The molecule has 1 fully saturated rings. The van der Waals surface area contributed by atoms with Gasteiger partial charge in [-0.2, -0.15) is 0 Å². The summed E-state index contributed by atoms with van der Waals surface area (Å²) in [6.45, 7) is 7.31. The molecular formula is C13H24N2O3. The molecule has 1 saturated heterocycles. The van der Waals surface area contributed by atoms with E-state index in [9.17, 15) is 9.59 Å². The van der Waals surface area contributed by atoms with Crippen LogP contribution in [0.1, 0.15) is 40.0 Å². The van der Waals surface area contributed by atoms with Gasteiger partial charge in [-0.15, -0.1) is 0 Å². The van der Waals surface area contributed by atoms with Gasteiger partial charge in [-0.1, -0.05) is 6.92 Å². The first-order valence-corrected chi connectivity index (χ1v) is 6.63. The van der Waals surface area contributed by atoms with E-state index in [1.54, 1.807) is 11.8 Å². The molecule has 0 bridgehead atoms. The second-order valence-corrected chi connectivity index (χ2v) is 5.44. The molecule has 0 aliphatic carbocycles. The van der Waals surface area contributed by atoms with Gasteiger partial charge >= 0.3 is 5.97 Å². The topological polar surface area (TPSA) is 69.6 Å². The highest BCUT2D eigenvalue weighted by Gasteiger charge is 2.37. The molecule has 0 saturated carbocycles. The number of carbonyl (C=O) groups is 2. The monoisotopic (exact) mass is 256 g/mol. The number of hydrogen-bond acceptors (Lipinski definition) is 3. The molecular weight excluding hydrogens is 232 g/mol. The van der Waals surface area contributed by atoms with Crippen LogP contribution in [0.3, 0.4) is 0 Å². The quantitative estimate of drug-likeness (QED) is 0.772. The molecule has 1 aliphatic rings. The highest BCUT2D eigenvalue weighted by Crippen LogP contribution is 2.30. The summed E-state index contributed by atoms with van der Waals surface area (Å²) in [5.41, 5.74) is -0.666. The molecule has 1 atom stereocenters. The summed E-state index contributed by atoms with van der Waals surface area (Å²) in [6, 6.07) is 0.336. The molecule has 104 valence electrons. The van der Waals surface area contributed by atoms with Gasteiger partial charge in [0.05, 0.1) is 12.0 Å². The lowest BCUT2D eigenvalue weighted by Gasteiger charge is -2.36. The second-order valence-electron chi connectivity index (χ2n) is 5.44. The summed E-state index contributed by atoms with van der Waals surface area (Å²) in [6.07, 6.45) is 2.07. The standard InChI is InChI=1S/C13H24N2O3/c1-4-10(2)14-9-11(16)15-7-5-13(3,6-8-15)12(17)18/h10,14H,4-9H2,1-3H3,(H,17,18). The minimum absolute atomic E-state index is 0.0720. The maximum atomic E-state index is 11.9. The molecule has 5 heteroatoms. The Labute approximate surface area is 109 Å². The van der Waals surface area contributed by atoms with E-state index < -0.39 is 11.4 Å². The molecule has 2 N–H and O–H groups in total. The number of amides is 1. The van der Waals surface area contributed by atoms with Gasteiger partial charge in [0.25, 0.3) is 0 Å². The molecule has 0 radical (unpaired) electrons. The van der Waals surface area contributed by atoms with Crippen molar-refractivity contribution in [2.45, 2.75) is 46.1 Å². The van der Waals surface area contributed by atoms with Gasteiger partial charge in [0.15, 0.2) is 0 Å². The maximum Gasteiger partial charge on any atom is 0.309 e. The minimum atomic E-state index is -0.757. The van der Waals surface area contributed by atoms with Gasteiger partial charge < -0.3 is 15.3 Å². The summed E-state index contributed by atoms with van der Waals surface area (Å²) < 4.78 is 0. The largest absolute Gasteiger partial charge is 0.481 e. The first kappa shape index (κ1) is 15.0. The Balaban J connectivity index is 2.38. The number of carboxylic acids is 1. The van der Waals surface area contributed by atoms with Crippen LogP contribution in [-0.4, -0.2) is 47.6 Å². The number of aliphatic carboxylic acids is 1. The zero-order valence-corrected chi connectivity index (χ0v) is 11.5. The number of carboxylic acid groups (broad SMARTS) is 1. The smallest absolute Gasteiger partial charge is 0.309 e. The van der Waals surface area contributed by atoms with Gasteiger partial charge in [-0.25, -0.2) is 0 Å². The van der Waals surface area contributed by atoms with Crippen LogP contribution in [0.15, 0.2) is 0 Å². The number of nitrogens with zero attached hydrogens (tertiary/aromatic N) is 1.